The van der Waals surface area contributed by atoms with Gasteiger partial charge in [-0.3, -0.25) is 38.7 Å². The number of hydrogen-bond donors (Lipinski definition) is 3. The van der Waals surface area contributed by atoms with E-state index in [9.17, 15) is 24.0 Å². The quantitative estimate of drug-likeness (QED) is 0.240. The smallest absolute Gasteiger partial charge is 0.319 e. The summed E-state index contributed by atoms with van der Waals surface area (Å²) in [6.45, 7) is 0.304. The molecule has 3 N–H and O–H groups in total. The Labute approximate surface area is 162 Å². The van der Waals surface area contributed by atoms with Crippen molar-refractivity contribution in [1.82, 2.24) is 14.7 Å². The van der Waals surface area contributed by atoms with Gasteiger partial charge in [0.1, 0.15) is 5.78 Å². The highest BCUT2D eigenvalue weighted by atomic mass is 16.5. The van der Waals surface area contributed by atoms with E-state index in [2.05, 4.69) is 4.74 Å². The lowest BCUT2D eigenvalue weighted by atomic mass is 10.3. The summed E-state index contributed by atoms with van der Waals surface area (Å²) >= 11 is 0. The summed E-state index contributed by atoms with van der Waals surface area (Å²) in [5.74, 6) is -4.23. The molecule has 0 fully saturated rings. The predicted octanol–water partition coefficient (Wildman–Crippen LogP) is -2.09. The van der Waals surface area contributed by atoms with E-state index >= 15 is 0 Å². The molecule has 0 amide bonds. The van der Waals surface area contributed by atoms with E-state index in [0.717, 1.165) is 0 Å². The number of ketones is 1. The van der Waals surface area contributed by atoms with Gasteiger partial charge in [-0.1, -0.05) is 0 Å². The SMILES string of the molecule is COC(=O)CN(CCN(CCN(CC(C)=O)CC(=O)O)CC(=O)O)CC(=O)O. The van der Waals surface area contributed by atoms with Crippen LogP contribution in [0.15, 0.2) is 0 Å². The number of carboxylic acid groups (broad SMARTS) is 3. The van der Waals surface area contributed by atoms with Crippen LogP contribution in [0.5, 0.6) is 0 Å². The number of carbonyl (C=O) groups excluding carboxylic acids is 2. The second-order valence-electron chi connectivity index (χ2n) is 6.16. The molecule has 0 bridgehead atoms. The Bertz CT molecular complexity index is 552. The Morgan fingerprint density at radius 2 is 1.00 bits per heavy atom. The van der Waals surface area contributed by atoms with E-state index < -0.39 is 30.4 Å². The number of aliphatic carboxylic acids is 3. The number of carboxylic acids is 3. The van der Waals surface area contributed by atoms with E-state index in [1.807, 2.05) is 0 Å². The van der Waals surface area contributed by atoms with Crippen molar-refractivity contribution in [3.8, 4) is 0 Å². The monoisotopic (exact) mass is 405 g/mol. The average molecular weight is 405 g/mol. The first-order valence-corrected chi connectivity index (χ1v) is 8.42. The molecule has 0 aliphatic rings. The van der Waals surface area contributed by atoms with Gasteiger partial charge in [0.2, 0.25) is 0 Å². The summed E-state index contributed by atoms with van der Waals surface area (Å²) in [6, 6.07) is 0. The first-order chi connectivity index (χ1) is 13.0. The van der Waals surface area contributed by atoms with Gasteiger partial charge in [-0.15, -0.1) is 0 Å². The molecule has 0 spiro atoms. The second-order valence-corrected chi connectivity index (χ2v) is 6.16. The molecule has 0 heterocycles. The number of carbonyl (C=O) groups is 5. The molecule has 0 unspecified atom stereocenters. The predicted molar refractivity (Wildman–Crippen MR) is 94.9 cm³/mol. The topological polar surface area (TPSA) is 165 Å². The van der Waals surface area contributed by atoms with Gasteiger partial charge in [-0.25, -0.2) is 0 Å². The molecule has 0 rings (SSSR count). The number of methoxy groups -OCH3 is 1. The highest BCUT2D eigenvalue weighted by Gasteiger charge is 2.19. The number of rotatable bonds is 16. The van der Waals surface area contributed by atoms with E-state index in [0.29, 0.717) is 0 Å². The molecule has 160 valence electrons. The van der Waals surface area contributed by atoms with Crippen molar-refractivity contribution in [2.24, 2.45) is 0 Å². The maximum atomic E-state index is 11.4. The molecular formula is C16H27N3O9. The molecule has 0 aliphatic heterocycles. The van der Waals surface area contributed by atoms with Crippen LogP contribution in [-0.4, -0.2) is 126 Å². The van der Waals surface area contributed by atoms with Gasteiger partial charge in [0.25, 0.3) is 0 Å². The van der Waals surface area contributed by atoms with Crippen molar-refractivity contribution in [3.63, 3.8) is 0 Å². The third kappa shape index (κ3) is 13.6. The number of hydrogen-bond acceptors (Lipinski definition) is 9. The van der Waals surface area contributed by atoms with Crippen molar-refractivity contribution in [2.75, 3.05) is 66.0 Å². The Balaban J connectivity index is 4.90. The largest absolute Gasteiger partial charge is 0.480 e. The second kappa shape index (κ2) is 13.6. The van der Waals surface area contributed by atoms with Crippen molar-refractivity contribution in [3.05, 3.63) is 0 Å². The Hall–Kier alpha value is -2.57. The Morgan fingerprint density at radius 1 is 0.643 bits per heavy atom. The molecule has 0 aromatic rings. The van der Waals surface area contributed by atoms with Crippen molar-refractivity contribution < 1.29 is 44.0 Å². The highest BCUT2D eigenvalue weighted by molar-refractivity contribution is 5.78. The normalized spacial score (nSPS) is 11.0. The third-order valence-electron chi connectivity index (χ3n) is 3.57. The van der Waals surface area contributed by atoms with E-state index in [4.69, 9.17) is 15.3 Å². The van der Waals surface area contributed by atoms with Crippen LogP contribution in [0.4, 0.5) is 0 Å². The molecule has 0 atom stereocenters. The van der Waals surface area contributed by atoms with Crippen LogP contribution in [-0.2, 0) is 28.7 Å². The van der Waals surface area contributed by atoms with Crippen LogP contribution < -0.4 is 0 Å². The minimum absolute atomic E-state index is 0.0826. The van der Waals surface area contributed by atoms with Crippen LogP contribution in [0.1, 0.15) is 6.92 Å². The first kappa shape index (κ1) is 25.4. The van der Waals surface area contributed by atoms with Gasteiger partial charge in [0.15, 0.2) is 0 Å². The summed E-state index contributed by atoms with van der Waals surface area (Å²) in [4.78, 5) is 59.7. The zero-order chi connectivity index (χ0) is 21.7. The molecule has 0 saturated heterocycles. The third-order valence-corrected chi connectivity index (χ3v) is 3.57. The highest BCUT2D eigenvalue weighted by Crippen LogP contribution is 1.97. The zero-order valence-corrected chi connectivity index (χ0v) is 16.0. The fourth-order valence-electron chi connectivity index (χ4n) is 2.40. The van der Waals surface area contributed by atoms with Crippen LogP contribution in [0.3, 0.4) is 0 Å². The molecule has 12 nitrogen and oxygen atoms in total. The maximum Gasteiger partial charge on any atom is 0.319 e. The molecule has 0 aromatic carbocycles. The van der Waals surface area contributed by atoms with Gasteiger partial charge < -0.3 is 20.1 Å². The van der Waals surface area contributed by atoms with E-state index in [1.165, 1.54) is 28.7 Å². The van der Waals surface area contributed by atoms with Gasteiger partial charge in [0, 0.05) is 26.2 Å². The molecule has 12 heteroatoms. The summed E-state index contributed by atoms with van der Waals surface area (Å²) in [6.07, 6.45) is 0. The Kier molecular flexibility index (Phi) is 12.3. The van der Waals surface area contributed by atoms with Gasteiger partial charge in [-0.05, 0) is 6.92 Å². The summed E-state index contributed by atoms with van der Waals surface area (Å²) in [5, 5.41) is 26.9. The molecular weight excluding hydrogens is 378 g/mol. The number of Topliss-reactive ketones (excluding diaryl/α,β-unsaturated/α-hetero) is 1. The zero-order valence-electron chi connectivity index (χ0n) is 16.0. The van der Waals surface area contributed by atoms with Gasteiger partial charge in [-0.2, -0.15) is 0 Å². The maximum absolute atomic E-state index is 11.4. The van der Waals surface area contributed by atoms with Gasteiger partial charge in [0.05, 0.1) is 39.8 Å². The minimum Gasteiger partial charge on any atom is -0.480 e. The van der Waals surface area contributed by atoms with E-state index in [-0.39, 0.29) is 58.1 Å². The van der Waals surface area contributed by atoms with Crippen LogP contribution >= 0.6 is 0 Å². The lowest BCUT2D eigenvalue weighted by Crippen LogP contribution is -2.45. The minimum atomic E-state index is -1.15. The number of ether oxygens (including phenoxy) is 1. The molecule has 0 aromatic heterocycles. The van der Waals surface area contributed by atoms with Crippen LogP contribution in [0.2, 0.25) is 0 Å². The summed E-state index contributed by atoms with van der Waals surface area (Å²) < 4.78 is 4.51. The van der Waals surface area contributed by atoms with Crippen molar-refractivity contribution in [2.45, 2.75) is 6.92 Å². The molecule has 28 heavy (non-hydrogen) atoms. The van der Waals surface area contributed by atoms with Crippen molar-refractivity contribution >= 4 is 29.7 Å². The fraction of sp³-hybridized carbons (Fsp3) is 0.688. The average Bonchev–Trinajstić information content (AvgIpc) is 2.54. The molecule has 0 aliphatic carbocycles. The van der Waals surface area contributed by atoms with E-state index in [1.54, 1.807) is 0 Å². The first-order valence-electron chi connectivity index (χ1n) is 8.42. The molecule has 0 saturated carbocycles. The van der Waals surface area contributed by atoms with Gasteiger partial charge >= 0.3 is 23.9 Å². The van der Waals surface area contributed by atoms with Crippen LogP contribution in [0, 0.1) is 0 Å². The fourth-order valence-corrected chi connectivity index (χ4v) is 2.40. The van der Waals surface area contributed by atoms with Crippen molar-refractivity contribution in [1.29, 1.82) is 0 Å². The lowest BCUT2D eigenvalue weighted by Gasteiger charge is -2.27. The number of nitrogens with zero attached hydrogens (tertiary/aromatic N) is 3. The summed E-state index contributed by atoms with van der Waals surface area (Å²) in [7, 11) is 1.17. The number of esters is 1. The standard InChI is InChI=1S/C16H27N3O9/c1-12(20)7-18(9-14(23)24)5-3-17(8-13(21)22)4-6-19(10-15(25)26)11-16(27)28-2/h3-11H2,1-2H3,(H,21,22)(H,23,24)(H,25,26). The Morgan fingerprint density at radius 3 is 1.36 bits per heavy atom. The summed E-state index contributed by atoms with van der Waals surface area (Å²) in [5.41, 5.74) is 0. The molecule has 0 radical (unpaired) electrons. The lowest BCUT2D eigenvalue weighted by molar-refractivity contribution is -0.145. The van der Waals surface area contributed by atoms with Crippen LogP contribution in [0.25, 0.3) is 0 Å².